The van der Waals surface area contributed by atoms with Gasteiger partial charge in [-0.1, -0.05) is 20.3 Å². The normalized spacial score (nSPS) is 23.9. The molecule has 0 saturated carbocycles. The second kappa shape index (κ2) is 5.35. The summed E-state index contributed by atoms with van der Waals surface area (Å²) in [6, 6.07) is 0.0103. The van der Waals surface area contributed by atoms with Crippen LogP contribution < -0.4 is 0 Å². The summed E-state index contributed by atoms with van der Waals surface area (Å²) in [6.45, 7) is 6.41. The summed E-state index contributed by atoms with van der Waals surface area (Å²) < 4.78 is 4.82. The van der Waals surface area contributed by atoms with Gasteiger partial charge in [0.15, 0.2) is 0 Å². The summed E-state index contributed by atoms with van der Waals surface area (Å²) in [6.07, 6.45) is 3.31. The third-order valence-electron chi connectivity index (χ3n) is 2.69. The van der Waals surface area contributed by atoms with E-state index >= 15 is 0 Å². The summed E-state index contributed by atoms with van der Waals surface area (Å²) >= 11 is 0. The number of nitrogens with zero attached hydrogens (tertiary/aromatic N) is 1. The molecule has 0 aliphatic carbocycles. The highest BCUT2D eigenvalue weighted by molar-refractivity contribution is 5.75. The number of ether oxygens (including phenoxy) is 1. The lowest BCUT2D eigenvalue weighted by atomic mass is 10.0. The van der Waals surface area contributed by atoms with E-state index < -0.39 is 0 Å². The van der Waals surface area contributed by atoms with Crippen molar-refractivity contribution in [1.29, 1.82) is 0 Å². The molecule has 0 spiro atoms. The first-order valence-corrected chi connectivity index (χ1v) is 5.47. The highest BCUT2D eigenvalue weighted by Gasteiger charge is 2.29. The zero-order valence-corrected chi connectivity index (χ0v) is 9.45. The number of likely N-dealkylation sites (tertiary alicyclic amines) is 1. The van der Waals surface area contributed by atoms with Crippen LogP contribution in [-0.4, -0.2) is 37.1 Å². The molecule has 1 heterocycles. The predicted octanol–water partition coefficient (Wildman–Crippen LogP) is 1.67. The molecule has 3 heteroatoms. The smallest absolute Gasteiger partial charge is 0.323 e. The lowest BCUT2D eigenvalue weighted by Gasteiger charge is -2.34. The minimum atomic E-state index is -0.0645. The van der Waals surface area contributed by atoms with E-state index in [0.717, 1.165) is 25.9 Å². The van der Waals surface area contributed by atoms with Gasteiger partial charge in [-0.05, 0) is 25.3 Å². The molecule has 0 amide bonds. The van der Waals surface area contributed by atoms with Crippen molar-refractivity contribution in [2.75, 3.05) is 20.2 Å². The molecule has 1 fully saturated rings. The van der Waals surface area contributed by atoms with Crippen molar-refractivity contribution in [1.82, 2.24) is 4.90 Å². The van der Waals surface area contributed by atoms with Gasteiger partial charge in [0.2, 0.25) is 0 Å². The lowest BCUT2D eigenvalue weighted by molar-refractivity contribution is -0.148. The quantitative estimate of drug-likeness (QED) is 0.648. The van der Waals surface area contributed by atoms with Crippen LogP contribution in [0, 0.1) is 5.92 Å². The third-order valence-corrected chi connectivity index (χ3v) is 2.69. The molecule has 0 N–H and O–H groups in total. The van der Waals surface area contributed by atoms with Gasteiger partial charge in [0.05, 0.1) is 7.11 Å². The monoisotopic (exact) mass is 199 g/mol. The predicted molar refractivity (Wildman–Crippen MR) is 56.1 cm³/mol. The summed E-state index contributed by atoms with van der Waals surface area (Å²) in [5.41, 5.74) is 0. The molecule has 0 unspecified atom stereocenters. The third kappa shape index (κ3) is 2.98. The molecular weight excluding hydrogens is 178 g/mol. The van der Waals surface area contributed by atoms with Gasteiger partial charge in [0.1, 0.15) is 6.04 Å². The first-order valence-electron chi connectivity index (χ1n) is 5.47. The van der Waals surface area contributed by atoms with Gasteiger partial charge in [0.25, 0.3) is 0 Å². The SMILES string of the molecule is COC(=O)[C@H]1CCCCN1CC(C)C. The van der Waals surface area contributed by atoms with E-state index in [4.69, 9.17) is 4.74 Å². The van der Waals surface area contributed by atoms with Crippen molar-refractivity contribution < 1.29 is 9.53 Å². The molecule has 82 valence electrons. The molecule has 3 nitrogen and oxygen atoms in total. The second-order valence-corrected chi connectivity index (χ2v) is 4.42. The van der Waals surface area contributed by atoms with E-state index in [0.29, 0.717) is 5.92 Å². The van der Waals surface area contributed by atoms with Gasteiger partial charge in [-0.3, -0.25) is 9.69 Å². The first kappa shape index (κ1) is 11.5. The molecule has 1 aliphatic rings. The first-order chi connectivity index (χ1) is 6.65. The molecule has 1 rings (SSSR count). The Balaban J connectivity index is 2.54. The summed E-state index contributed by atoms with van der Waals surface area (Å²) in [5, 5.41) is 0. The maximum absolute atomic E-state index is 11.5. The Labute approximate surface area is 86.4 Å². The number of carbonyl (C=O) groups excluding carboxylic acids is 1. The van der Waals surface area contributed by atoms with Gasteiger partial charge in [-0.2, -0.15) is 0 Å². The van der Waals surface area contributed by atoms with E-state index in [1.807, 2.05) is 0 Å². The Kier molecular flexibility index (Phi) is 4.39. The van der Waals surface area contributed by atoms with Gasteiger partial charge in [-0.25, -0.2) is 0 Å². The zero-order chi connectivity index (χ0) is 10.6. The highest BCUT2D eigenvalue weighted by Crippen LogP contribution is 2.19. The van der Waals surface area contributed by atoms with Crippen molar-refractivity contribution in [3.8, 4) is 0 Å². The lowest BCUT2D eigenvalue weighted by Crippen LogP contribution is -2.46. The van der Waals surface area contributed by atoms with Crippen LogP contribution in [0.4, 0.5) is 0 Å². The van der Waals surface area contributed by atoms with Gasteiger partial charge < -0.3 is 4.74 Å². The number of hydrogen-bond donors (Lipinski definition) is 0. The standard InChI is InChI=1S/C11H21NO2/c1-9(2)8-12-7-5-4-6-10(12)11(13)14-3/h9-10H,4-8H2,1-3H3/t10-/m1/s1. The average Bonchev–Trinajstić information content (AvgIpc) is 2.16. The second-order valence-electron chi connectivity index (χ2n) is 4.42. The Morgan fingerprint density at radius 2 is 2.21 bits per heavy atom. The fourth-order valence-electron chi connectivity index (χ4n) is 2.08. The molecule has 1 saturated heterocycles. The van der Waals surface area contributed by atoms with Crippen molar-refractivity contribution in [3.63, 3.8) is 0 Å². The van der Waals surface area contributed by atoms with E-state index in [-0.39, 0.29) is 12.0 Å². The Bertz CT molecular complexity index is 192. The number of rotatable bonds is 3. The summed E-state index contributed by atoms with van der Waals surface area (Å²) in [5.74, 6) is 0.547. The van der Waals surface area contributed by atoms with E-state index in [1.165, 1.54) is 13.5 Å². The fourth-order valence-corrected chi connectivity index (χ4v) is 2.08. The van der Waals surface area contributed by atoms with Gasteiger partial charge >= 0.3 is 5.97 Å². The van der Waals surface area contributed by atoms with Gasteiger partial charge in [-0.15, -0.1) is 0 Å². The van der Waals surface area contributed by atoms with Crippen molar-refractivity contribution >= 4 is 5.97 Å². The molecule has 0 radical (unpaired) electrons. The largest absolute Gasteiger partial charge is 0.468 e. The molecule has 1 atom stereocenters. The molecule has 14 heavy (non-hydrogen) atoms. The van der Waals surface area contributed by atoms with Crippen molar-refractivity contribution in [2.24, 2.45) is 5.92 Å². The van der Waals surface area contributed by atoms with Crippen molar-refractivity contribution in [3.05, 3.63) is 0 Å². The number of carbonyl (C=O) groups is 1. The molecule has 0 aromatic heterocycles. The number of hydrogen-bond acceptors (Lipinski definition) is 3. The maximum Gasteiger partial charge on any atom is 0.323 e. The van der Waals surface area contributed by atoms with E-state index in [1.54, 1.807) is 0 Å². The number of piperidine rings is 1. The topological polar surface area (TPSA) is 29.5 Å². The van der Waals surface area contributed by atoms with Crippen LogP contribution in [0.3, 0.4) is 0 Å². The maximum atomic E-state index is 11.5. The Hall–Kier alpha value is -0.570. The summed E-state index contributed by atoms with van der Waals surface area (Å²) in [4.78, 5) is 13.8. The van der Waals surface area contributed by atoms with Crippen LogP contribution in [0.25, 0.3) is 0 Å². The molecule has 0 aromatic rings. The van der Waals surface area contributed by atoms with Gasteiger partial charge in [0, 0.05) is 6.54 Å². The highest BCUT2D eigenvalue weighted by atomic mass is 16.5. The van der Waals surface area contributed by atoms with Crippen LogP contribution in [0.1, 0.15) is 33.1 Å². The minimum absolute atomic E-state index is 0.0103. The minimum Gasteiger partial charge on any atom is -0.468 e. The van der Waals surface area contributed by atoms with Crippen LogP contribution >= 0.6 is 0 Å². The molecule has 0 aromatic carbocycles. The molecule has 1 aliphatic heterocycles. The fraction of sp³-hybridized carbons (Fsp3) is 0.909. The van der Waals surface area contributed by atoms with Crippen LogP contribution in [0.5, 0.6) is 0 Å². The van der Waals surface area contributed by atoms with Crippen LogP contribution in [0.2, 0.25) is 0 Å². The van der Waals surface area contributed by atoms with E-state index in [9.17, 15) is 4.79 Å². The molecule has 0 bridgehead atoms. The average molecular weight is 199 g/mol. The Morgan fingerprint density at radius 1 is 1.50 bits per heavy atom. The van der Waals surface area contributed by atoms with Crippen molar-refractivity contribution in [2.45, 2.75) is 39.2 Å². The molecular formula is C11H21NO2. The number of esters is 1. The zero-order valence-electron chi connectivity index (χ0n) is 9.45. The Morgan fingerprint density at radius 3 is 2.79 bits per heavy atom. The van der Waals surface area contributed by atoms with Crippen LogP contribution in [0.15, 0.2) is 0 Å². The van der Waals surface area contributed by atoms with E-state index in [2.05, 4.69) is 18.7 Å². The van der Waals surface area contributed by atoms with Crippen LogP contribution in [-0.2, 0) is 9.53 Å². The summed E-state index contributed by atoms with van der Waals surface area (Å²) in [7, 11) is 1.48. The number of methoxy groups -OCH3 is 1.